The van der Waals surface area contributed by atoms with Crippen LogP contribution in [0.4, 0.5) is 0 Å². The van der Waals surface area contributed by atoms with Gasteiger partial charge < -0.3 is 9.47 Å². The Hall–Kier alpha value is -2.18. The van der Waals surface area contributed by atoms with Crippen LogP contribution >= 0.6 is 0 Å². The molecule has 0 aromatic carbocycles. The Bertz CT molecular complexity index is 533. The molecule has 0 aliphatic carbocycles. The van der Waals surface area contributed by atoms with Crippen LogP contribution in [0.5, 0.6) is 0 Å². The average Bonchev–Trinajstić information content (AvgIpc) is 3.09. The van der Waals surface area contributed by atoms with Crippen LogP contribution in [0.2, 0.25) is 0 Å². The highest BCUT2D eigenvalue weighted by Gasteiger charge is 2.12. The van der Waals surface area contributed by atoms with Crippen molar-refractivity contribution < 1.29 is 4.79 Å². The van der Waals surface area contributed by atoms with Crippen LogP contribution < -0.4 is 0 Å². The van der Waals surface area contributed by atoms with Gasteiger partial charge in [-0.15, -0.1) is 10.2 Å². The SMILES string of the molecule is CCn1cnnc1CN(C)C(=O)CCCc1cn[nH]c1. The van der Waals surface area contributed by atoms with Crippen molar-refractivity contribution in [2.24, 2.45) is 0 Å². The topological polar surface area (TPSA) is 79.7 Å². The molecule has 2 rings (SSSR count). The maximum atomic E-state index is 12.0. The molecule has 2 aromatic heterocycles. The van der Waals surface area contributed by atoms with E-state index in [9.17, 15) is 4.79 Å². The molecule has 0 bridgehead atoms. The van der Waals surface area contributed by atoms with E-state index in [-0.39, 0.29) is 5.91 Å². The molecule has 0 aliphatic rings. The first-order valence-electron chi connectivity index (χ1n) is 6.79. The third-order valence-corrected chi connectivity index (χ3v) is 3.25. The van der Waals surface area contributed by atoms with Crippen molar-refractivity contribution in [1.29, 1.82) is 0 Å². The zero-order valence-corrected chi connectivity index (χ0v) is 11.9. The van der Waals surface area contributed by atoms with E-state index in [0.717, 1.165) is 30.8 Å². The summed E-state index contributed by atoms with van der Waals surface area (Å²) in [5.41, 5.74) is 1.13. The monoisotopic (exact) mass is 276 g/mol. The van der Waals surface area contributed by atoms with Gasteiger partial charge in [0.25, 0.3) is 0 Å². The largest absolute Gasteiger partial charge is 0.338 e. The molecule has 7 nitrogen and oxygen atoms in total. The summed E-state index contributed by atoms with van der Waals surface area (Å²) in [5.74, 6) is 0.942. The van der Waals surface area contributed by atoms with Gasteiger partial charge in [-0.3, -0.25) is 9.89 Å². The van der Waals surface area contributed by atoms with Crippen molar-refractivity contribution in [1.82, 2.24) is 29.9 Å². The van der Waals surface area contributed by atoms with Crippen molar-refractivity contribution >= 4 is 5.91 Å². The van der Waals surface area contributed by atoms with Gasteiger partial charge in [-0.25, -0.2) is 0 Å². The number of hydrogen-bond donors (Lipinski definition) is 1. The van der Waals surface area contributed by atoms with Gasteiger partial charge in [0.1, 0.15) is 6.33 Å². The van der Waals surface area contributed by atoms with Crippen molar-refractivity contribution in [3.8, 4) is 0 Å². The van der Waals surface area contributed by atoms with Crippen molar-refractivity contribution in [2.75, 3.05) is 7.05 Å². The Balaban J connectivity index is 1.77. The number of hydrogen-bond acceptors (Lipinski definition) is 4. The highest BCUT2D eigenvalue weighted by molar-refractivity contribution is 5.75. The molecule has 0 unspecified atom stereocenters. The lowest BCUT2D eigenvalue weighted by atomic mass is 10.1. The zero-order valence-electron chi connectivity index (χ0n) is 11.9. The smallest absolute Gasteiger partial charge is 0.222 e. The first-order valence-corrected chi connectivity index (χ1v) is 6.79. The minimum absolute atomic E-state index is 0.124. The summed E-state index contributed by atoms with van der Waals surface area (Å²) >= 11 is 0. The minimum atomic E-state index is 0.124. The van der Waals surface area contributed by atoms with E-state index < -0.39 is 0 Å². The fourth-order valence-electron chi connectivity index (χ4n) is 2.01. The van der Waals surface area contributed by atoms with Crippen molar-refractivity contribution in [2.45, 2.75) is 39.3 Å². The molecule has 1 amide bonds. The number of aryl methyl sites for hydroxylation is 2. The highest BCUT2D eigenvalue weighted by atomic mass is 16.2. The molecule has 0 fully saturated rings. The number of H-pyrrole nitrogens is 1. The molecule has 0 spiro atoms. The van der Waals surface area contributed by atoms with E-state index >= 15 is 0 Å². The lowest BCUT2D eigenvalue weighted by molar-refractivity contribution is -0.130. The molecule has 0 saturated heterocycles. The Morgan fingerprint density at radius 1 is 1.50 bits per heavy atom. The van der Waals surface area contributed by atoms with Crippen LogP contribution in [0.15, 0.2) is 18.7 Å². The van der Waals surface area contributed by atoms with Gasteiger partial charge in [0.15, 0.2) is 5.82 Å². The second-order valence-corrected chi connectivity index (χ2v) is 4.74. The molecular formula is C13H20N6O. The standard InChI is InChI=1S/C13H20N6O/c1-3-19-10-16-17-12(19)9-18(2)13(20)6-4-5-11-7-14-15-8-11/h7-8,10H,3-6,9H2,1-2H3,(H,14,15). The molecule has 1 N–H and O–H groups in total. The number of carbonyl (C=O) groups is 1. The molecule has 0 aliphatic heterocycles. The average molecular weight is 276 g/mol. The molecular weight excluding hydrogens is 256 g/mol. The van der Waals surface area contributed by atoms with Crippen molar-refractivity contribution in [3.05, 3.63) is 30.1 Å². The summed E-state index contributed by atoms with van der Waals surface area (Å²) < 4.78 is 1.94. The maximum absolute atomic E-state index is 12.0. The summed E-state index contributed by atoms with van der Waals surface area (Å²) in [6.07, 6.45) is 7.55. The summed E-state index contributed by atoms with van der Waals surface area (Å²) in [6, 6.07) is 0. The van der Waals surface area contributed by atoms with Gasteiger partial charge in [-0.05, 0) is 25.3 Å². The normalized spacial score (nSPS) is 10.7. The fraction of sp³-hybridized carbons (Fsp3) is 0.538. The number of rotatable bonds is 7. The summed E-state index contributed by atoms with van der Waals surface area (Å²) in [4.78, 5) is 13.7. The summed E-state index contributed by atoms with van der Waals surface area (Å²) in [6.45, 7) is 3.34. The van der Waals surface area contributed by atoms with Crippen LogP contribution in [0.3, 0.4) is 0 Å². The molecule has 0 saturated carbocycles. The molecule has 108 valence electrons. The summed E-state index contributed by atoms with van der Waals surface area (Å²) in [7, 11) is 1.80. The third-order valence-electron chi connectivity index (χ3n) is 3.25. The lowest BCUT2D eigenvalue weighted by Crippen LogP contribution is -2.27. The maximum Gasteiger partial charge on any atom is 0.222 e. The first kappa shape index (κ1) is 14.2. The Morgan fingerprint density at radius 3 is 3.05 bits per heavy atom. The van der Waals surface area contributed by atoms with Gasteiger partial charge in [-0.2, -0.15) is 5.10 Å². The molecule has 2 aromatic rings. The molecule has 7 heteroatoms. The van der Waals surface area contributed by atoms with Gasteiger partial charge in [-0.1, -0.05) is 0 Å². The van der Waals surface area contributed by atoms with E-state index in [1.54, 1.807) is 24.5 Å². The van der Waals surface area contributed by atoms with Crippen LogP contribution in [-0.4, -0.2) is 42.8 Å². The number of nitrogens with zero attached hydrogens (tertiary/aromatic N) is 5. The summed E-state index contributed by atoms with van der Waals surface area (Å²) in [5, 5.41) is 14.6. The number of nitrogens with one attached hydrogen (secondary N) is 1. The second-order valence-electron chi connectivity index (χ2n) is 4.74. The van der Waals surface area contributed by atoms with E-state index in [2.05, 4.69) is 20.4 Å². The van der Waals surface area contributed by atoms with Crippen LogP contribution in [0.25, 0.3) is 0 Å². The molecule has 0 radical (unpaired) electrons. The van der Waals surface area contributed by atoms with Gasteiger partial charge in [0.05, 0.1) is 12.7 Å². The highest BCUT2D eigenvalue weighted by Crippen LogP contribution is 2.06. The molecule has 0 atom stereocenters. The van der Waals surface area contributed by atoms with Gasteiger partial charge in [0, 0.05) is 26.2 Å². The molecule has 20 heavy (non-hydrogen) atoms. The quantitative estimate of drug-likeness (QED) is 0.818. The zero-order chi connectivity index (χ0) is 14.4. The van der Waals surface area contributed by atoms with Crippen LogP contribution in [-0.2, 0) is 24.3 Å². The van der Waals surface area contributed by atoms with E-state index in [1.807, 2.05) is 17.7 Å². The predicted molar refractivity (Wildman–Crippen MR) is 73.7 cm³/mol. The van der Waals surface area contributed by atoms with Crippen molar-refractivity contribution in [3.63, 3.8) is 0 Å². The Kier molecular flexibility index (Phi) is 4.86. The molecule has 2 heterocycles. The Labute approximate surface area is 118 Å². The first-order chi connectivity index (χ1) is 9.70. The number of carbonyl (C=O) groups excluding carboxylic acids is 1. The fourth-order valence-corrected chi connectivity index (χ4v) is 2.01. The van der Waals surface area contributed by atoms with Crippen LogP contribution in [0, 0.1) is 0 Å². The minimum Gasteiger partial charge on any atom is -0.338 e. The second kappa shape index (κ2) is 6.83. The number of aromatic nitrogens is 5. The third kappa shape index (κ3) is 3.66. The van der Waals surface area contributed by atoms with E-state index in [0.29, 0.717) is 13.0 Å². The predicted octanol–water partition coefficient (Wildman–Crippen LogP) is 1.00. The Morgan fingerprint density at radius 2 is 2.35 bits per heavy atom. The van der Waals surface area contributed by atoms with E-state index in [1.165, 1.54) is 0 Å². The number of aromatic amines is 1. The van der Waals surface area contributed by atoms with Crippen LogP contribution in [0.1, 0.15) is 31.2 Å². The number of amides is 1. The van der Waals surface area contributed by atoms with E-state index in [4.69, 9.17) is 0 Å². The lowest BCUT2D eigenvalue weighted by Gasteiger charge is -2.16. The van der Waals surface area contributed by atoms with Gasteiger partial charge in [0.2, 0.25) is 5.91 Å². The van der Waals surface area contributed by atoms with Gasteiger partial charge >= 0.3 is 0 Å².